The van der Waals surface area contributed by atoms with E-state index in [-0.39, 0.29) is 5.43 Å². The minimum atomic E-state index is -0.0282. The number of hydrogen-bond donors (Lipinski definition) is 1. The van der Waals surface area contributed by atoms with Gasteiger partial charge in [-0.3, -0.25) is 4.79 Å². The molecule has 116 valence electrons. The van der Waals surface area contributed by atoms with Crippen molar-refractivity contribution in [1.82, 2.24) is 4.98 Å². The van der Waals surface area contributed by atoms with E-state index < -0.39 is 0 Å². The molecule has 0 aliphatic rings. The maximum absolute atomic E-state index is 13.0. The van der Waals surface area contributed by atoms with Crippen molar-refractivity contribution in [1.29, 1.82) is 0 Å². The van der Waals surface area contributed by atoms with Crippen LogP contribution in [0.4, 0.5) is 0 Å². The van der Waals surface area contributed by atoms with Crippen LogP contribution in [-0.4, -0.2) is 4.98 Å². The maximum atomic E-state index is 13.0. The Kier molecular flexibility index (Phi) is 3.11. The first-order valence-corrected chi connectivity index (χ1v) is 7.75. The van der Waals surface area contributed by atoms with Crippen molar-refractivity contribution in [2.24, 2.45) is 5.92 Å². The third kappa shape index (κ3) is 2.18. The molecule has 0 unspecified atom stereocenters. The summed E-state index contributed by atoms with van der Waals surface area (Å²) in [4.78, 5) is 16.3. The van der Waals surface area contributed by atoms with Gasteiger partial charge < -0.3 is 13.8 Å². The number of furan rings is 1. The molecule has 4 aromatic rings. The third-order valence-corrected chi connectivity index (χ3v) is 3.98. The Morgan fingerprint density at radius 1 is 1.13 bits per heavy atom. The summed E-state index contributed by atoms with van der Waals surface area (Å²) in [5.41, 5.74) is 2.85. The van der Waals surface area contributed by atoms with E-state index in [1.165, 1.54) is 0 Å². The summed E-state index contributed by atoms with van der Waals surface area (Å²) in [5.74, 6) is 1.09. The predicted octanol–water partition coefficient (Wildman–Crippen LogP) is 4.73. The minimum Gasteiger partial charge on any atom is -0.463 e. The van der Waals surface area contributed by atoms with Crippen LogP contribution in [0.3, 0.4) is 0 Å². The zero-order chi connectivity index (χ0) is 16.0. The van der Waals surface area contributed by atoms with Gasteiger partial charge in [0.2, 0.25) is 5.43 Å². The lowest BCUT2D eigenvalue weighted by atomic mass is 10.1. The lowest BCUT2D eigenvalue weighted by Gasteiger charge is -2.03. The monoisotopic (exact) mass is 307 g/mol. The van der Waals surface area contributed by atoms with E-state index in [1.807, 2.05) is 30.3 Å². The fraction of sp³-hybridized carbons (Fsp3) is 0.211. The van der Waals surface area contributed by atoms with Crippen LogP contribution >= 0.6 is 0 Å². The van der Waals surface area contributed by atoms with E-state index in [1.54, 1.807) is 12.3 Å². The molecule has 0 radical (unpaired) electrons. The van der Waals surface area contributed by atoms with Crippen molar-refractivity contribution in [2.75, 3.05) is 0 Å². The molecule has 0 bridgehead atoms. The van der Waals surface area contributed by atoms with E-state index in [0.29, 0.717) is 39.3 Å². The van der Waals surface area contributed by atoms with Crippen LogP contribution in [0.2, 0.25) is 0 Å². The molecule has 3 heterocycles. The van der Waals surface area contributed by atoms with Crippen molar-refractivity contribution >= 4 is 21.9 Å². The lowest BCUT2D eigenvalue weighted by Crippen LogP contribution is -2.02. The number of fused-ring (bicyclic) bond motifs is 2. The van der Waals surface area contributed by atoms with Gasteiger partial charge in [-0.15, -0.1) is 0 Å². The molecule has 0 aliphatic heterocycles. The molecule has 1 aromatic carbocycles. The van der Waals surface area contributed by atoms with Gasteiger partial charge in [0.05, 0.1) is 28.4 Å². The van der Waals surface area contributed by atoms with Crippen LogP contribution in [0.25, 0.3) is 33.4 Å². The first-order valence-electron chi connectivity index (χ1n) is 7.75. The van der Waals surface area contributed by atoms with E-state index in [4.69, 9.17) is 8.83 Å². The highest BCUT2D eigenvalue weighted by atomic mass is 16.3. The molecule has 0 saturated carbocycles. The van der Waals surface area contributed by atoms with Crippen molar-refractivity contribution in [3.63, 3.8) is 0 Å². The summed E-state index contributed by atoms with van der Waals surface area (Å²) in [6, 6.07) is 11.0. The number of benzene rings is 1. The molecule has 0 saturated heterocycles. The van der Waals surface area contributed by atoms with Gasteiger partial charge in [-0.05, 0) is 36.6 Å². The molecular weight excluding hydrogens is 290 g/mol. The molecule has 4 heteroatoms. The van der Waals surface area contributed by atoms with Crippen LogP contribution in [-0.2, 0) is 6.42 Å². The Hall–Kier alpha value is -2.75. The third-order valence-electron chi connectivity index (χ3n) is 3.98. The van der Waals surface area contributed by atoms with E-state index >= 15 is 0 Å². The highest BCUT2D eigenvalue weighted by Crippen LogP contribution is 2.32. The smallest absolute Gasteiger partial charge is 0.202 e. The average Bonchev–Trinajstić information content (AvgIpc) is 3.16. The molecule has 0 amide bonds. The molecule has 1 N–H and O–H groups in total. The van der Waals surface area contributed by atoms with E-state index in [0.717, 1.165) is 12.1 Å². The second kappa shape index (κ2) is 5.16. The van der Waals surface area contributed by atoms with Crippen LogP contribution in [0.1, 0.15) is 19.5 Å². The molecule has 0 aliphatic carbocycles. The van der Waals surface area contributed by atoms with Gasteiger partial charge in [0.1, 0.15) is 5.58 Å². The number of aromatic nitrogens is 1. The van der Waals surface area contributed by atoms with Crippen LogP contribution in [0.15, 0.2) is 56.3 Å². The molecule has 0 fully saturated rings. The fourth-order valence-corrected chi connectivity index (χ4v) is 3.01. The summed E-state index contributed by atoms with van der Waals surface area (Å²) in [6.45, 7) is 4.27. The standard InChI is InChI=1S/C19H17NO3/c1-11(2)10-13-19-16(17(20-13)15-8-5-9-22-15)18(21)12-6-3-4-7-14(12)23-19/h3-9,11,20H,10H2,1-2H3. The second-order valence-corrected chi connectivity index (χ2v) is 6.19. The minimum absolute atomic E-state index is 0.0282. The first kappa shape index (κ1) is 13.9. The van der Waals surface area contributed by atoms with Gasteiger partial charge >= 0.3 is 0 Å². The Labute approximate surface area is 132 Å². The van der Waals surface area contributed by atoms with Gasteiger partial charge in [-0.25, -0.2) is 0 Å². The lowest BCUT2D eigenvalue weighted by molar-refractivity contribution is 0.580. The Bertz CT molecular complexity index is 1040. The Morgan fingerprint density at radius 3 is 2.70 bits per heavy atom. The van der Waals surface area contributed by atoms with Gasteiger partial charge in [-0.2, -0.15) is 0 Å². The highest BCUT2D eigenvalue weighted by molar-refractivity contribution is 5.98. The maximum Gasteiger partial charge on any atom is 0.202 e. The molecule has 23 heavy (non-hydrogen) atoms. The van der Waals surface area contributed by atoms with Crippen LogP contribution in [0.5, 0.6) is 0 Å². The summed E-state index contributed by atoms with van der Waals surface area (Å²) in [7, 11) is 0. The van der Waals surface area contributed by atoms with Crippen molar-refractivity contribution in [3.8, 4) is 11.5 Å². The summed E-state index contributed by atoms with van der Waals surface area (Å²) in [6.07, 6.45) is 2.41. The van der Waals surface area contributed by atoms with Gasteiger partial charge in [-0.1, -0.05) is 26.0 Å². The summed E-state index contributed by atoms with van der Waals surface area (Å²) < 4.78 is 11.6. The molecule has 4 nitrogen and oxygen atoms in total. The van der Waals surface area contributed by atoms with Crippen LogP contribution in [0, 0.1) is 5.92 Å². The molecule has 4 rings (SSSR count). The largest absolute Gasteiger partial charge is 0.463 e. The number of aromatic amines is 1. The highest BCUT2D eigenvalue weighted by Gasteiger charge is 2.21. The van der Waals surface area contributed by atoms with Gasteiger partial charge in [0.25, 0.3) is 0 Å². The molecule has 0 spiro atoms. The second-order valence-electron chi connectivity index (χ2n) is 6.19. The number of rotatable bonds is 3. The zero-order valence-electron chi connectivity index (χ0n) is 13.1. The number of H-pyrrole nitrogens is 1. The fourth-order valence-electron chi connectivity index (χ4n) is 3.01. The number of nitrogens with one attached hydrogen (secondary N) is 1. The average molecular weight is 307 g/mol. The quantitative estimate of drug-likeness (QED) is 0.595. The molecular formula is C19H17NO3. The van der Waals surface area contributed by atoms with Gasteiger partial charge in [0.15, 0.2) is 11.3 Å². The summed E-state index contributed by atoms with van der Waals surface area (Å²) in [5, 5.41) is 1.15. The normalized spacial score (nSPS) is 11.8. The molecule has 3 aromatic heterocycles. The summed E-state index contributed by atoms with van der Waals surface area (Å²) >= 11 is 0. The van der Waals surface area contributed by atoms with E-state index in [2.05, 4.69) is 18.8 Å². The predicted molar refractivity (Wildman–Crippen MR) is 90.6 cm³/mol. The Balaban J connectivity index is 2.14. The van der Waals surface area contributed by atoms with E-state index in [9.17, 15) is 4.79 Å². The first-order chi connectivity index (χ1) is 11.1. The van der Waals surface area contributed by atoms with Crippen molar-refractivity contribution in [3.05, 3.63) is 58.6 Å². The number of hydrogen-bond acceptors (Lipinski definition) is 3. The van der Waals surface area contributed by atoms with Gasteiger partial charge in [0, 0.05) is 0 Å². The van der Waals surface area contributed by atoms with Crippen molar-refractivity contribution < 1.29 is 8.83 Å². The SMILES string of the molecule is CC(C)Cc1[nH]c(-c2ccco2)c2c(=O)c3ccccc3oc12. The Morgan fingerprint density at radius 2 is 1.96 bits per heavy atom. The number of para-hydroxylation sites is 1. The zero-order valence-corrected chi connectivity index (χ0v) is 13.1. The van der Waals surface area contributed by atoms with Crippen molar-refractivity contribution in [2.45, 2.75) is 20.3 Å². The topological polar surface area (TPSA) is 59.1 Å². The molecule has 0 atom stereocenters. The van der Waals surface area contributed by atoms with Crippen LogP contribution < -0.4 is 5.43 Å².